The van der Waals surface area contributed by atoms with Crippen LogP contribution in [0.5, 0.6) is 11.5 Å². The highest BCUT2D eigenvalue weighted by molar-refractivity contribution is 5.85. The first-order chi connectivity index (χ1) is 11.5. The number of fused-ring (bicyclic) bond motifs is 1. The molecule has 0 aliphatic rings. The van der Waals surface area contributed by atoms with Gasteiger partial charge >= 0.3 is 5.63 Å². The maximum absolute atomic E-state index is 12.4. The number of benzene rings is 2. The molecule has 5 nitrogen and oxygen atoms in total. The number of rotatable bonds is 4. The minimum atomic E-state index is -0.699. The monoisotopic (exact) mass is 324 g/mol. The summed E-state index contributed by atoms with van der Waals surface area (Å²) in [6, 6.07) is 12.9. The van der Waals surface area contributed by atoms with Crippen LogP contribution in [0.25, 0.3) is 11.0 Å². The summed E-state index contributed by atoms with van der Waals surface area (Å²) in [5.41, 5.74) is 0.166. The summed E-state index contributed by atoms with van der Waals surface area (Å²) in [7, 11) is 0. The number of hydrogen-bond acceptors (Lipinski definition) is 5. The van der Waals surface area contributed by atoms with E-state index in [2.05, 4.69) is 0 Å². The topological polar surface area (TPSA) is 87.7 Å². The average Bonchev–Trinajstić information content (AvgIpc) is 2.53. The fourth-order valence-corrected chi connectivity index (χ4v) is 2.87. The van der Waals surface area contributed by atoms with E-state index in [1.165, 1.54) is 19.1 Å². The smallest absolute Gasteiger partial charge is 0.343 e. The van der Waals surface area contributed by atoms with E-state index in [-0.39, 0.29) is 34.8 Å². The van der Waals surface area contributed by atoms with Gasteiger partial charge in [0.15, 0.2) is 0 Å². The fraction of sp³-hybridized carbons (Fsp3) is 0.158. The molecule has 0 unspecified atom stereocenters. The van der Waals surface area contributed by atoms with Crippen LogP contribution in [-0.2, 0) is 4.79 Å². The fourth-order valence-electron chi connectivity index (χ4n) is 2.87. The van der Waals surface area contributed by atoms with Gasteiger partial charge in [0.25, 0.3) is 0 Å². The van der Waals surface area contributed by atoms with E-state index in [0.717, 1.165) is 0 Å². The van der Waals surface area contributed by atoms with Crippen LogP contribution in [0.1, 0.15) is 30.4 Å². The van der Waals surface area contributed by atoms with Gasteiger partial charge in [-0.1, -0.05) is 24.3 Å². The quantitative estimate of drug-likeness (QED) is 0.719. The SMILES string of the molecule is CC(=O)C[C@H](c1cccc(O)c1)c1c(O)c2ccccc2oc1=O. The maximum atomic E-state index is 12.4. The van der Waals surface area contributed by atoms with Crippen LogP contribution in [0.4, 0.5) is 0 Å². The highest BCUT2D eigenvalue weighted by atomic mass is 16.4. The molecule has 122 valence electrons. The Morgan fingerprint density at radius 2 is 1.88 bits per heavy atom. The molecule has 0 bridgehead atoms. The van der Waals surface area contributed by atoms with Crippen molar-refractivity contribution < 1.29 is 19.4 Å². The number of para-hydroxylation sites is 1. The molecule has 1 heterocycles. The van der Waals surface area contributed by atoms with Gasteiger partial charge in [0, 0.05) is 12.3 Å². The molecule has 0 radical (unpaired) electrons. The van der Waals surface area contributed by atoms with Crippen LogP contribution in [0.2, 0.25) is 0 Å². The predicted molar refractivity (Wildman–Crippen MR) is 89.4 cm³/mol. The van der Waals surface area contributed by atoms with Gasteiger partial charge in [-0.25, -0.2) is 4.79 Å². The second-order valence-corrected chi connectivity index (χ2v) is 5.70. The Balaban J connectivity index is 2.27. The second kappa shape index (κ2) is 6.20. The third-order valence-corrected chi connectivity index (χ3v) is 3.93. The first kappa shape index (κ1) is 15.8. The van der Waals surface area contributed by atoms with Crippen molar-refractivity contribution in [2.75, 3.05) is 0 Å². The van der Waals surface area contributed by atoms with Crippen LogP contribution in [-0.4, -0.2) is 16.0 Å². The highest BCUT2D eigenvalue weighted by Crippen LogP contribution is 2.36. The first-order valence-electron chi connectivity index (χ1n) is 7.50. The highest BCUT2D eigenvalue weighted by Gasteiger charge is 2.26. The molecule has 0 amide bonds. The summed E-state index contributed by atoms with van der Waals surface area (Å²) >= 11 is 0. The minimum Gasteiger partial charge on any atom is -0.508 e. The predicted octanol–water partition coefficient (Wildman–Crippen LogP) is 3.32. The summed E-state index contributed by atoms with van der Waals surface area (Å²) < 4.78 is 5.30. The second-order valence-electron chi connectivity index (χ2n) is 5.70. The maximum Gasteiger partial charge on any atom is 0.343 e. The molecule has 5 heteroatoms. The molecule has 0 fully saturated rings. The lowest BCUT2D eigenvalue weighted by Crippen LogP contribution is -2.16. The molecule has 0 spiro atoms. The zero-order valence-electron chi connectivity index (χ0n) is 13.0. The Bertz CT molecular complexity index is 971. The molecule has 0 aliphatic heterocycles. The Morgan fingerprint density at radius 1 is 1.12 bits per heavy atom. The molecule has 3 aromatic rings. The molecule has 0 saturated heterocycles. The standard InChI is InChI=1S/C19H16O5/c1-11(20)9-15(12-5-4-6-13(21)10-12)17-18(22)14-7-2-3-8-16(14)24-19(17)23/h2-8,10,15,21-22H,9H2,1H3/t15-/m1/s1. The van der Waals surface area contributed by atoms with Crippen LogP contribution < -0.4 is 5.63 Å². The number of phenols is 1. The van der Waals surface area contributed by atoms with Crippen molar-refractivity contribution in [3.8, 4) is 11.5 Å². The van der Waals surface area contributed by atoms with E-state index >= 15 is 0 Å². The summed E-state index contributed by atoms with van der Waals surface area (Å²) in [6.45, 7) is 1.41. The Kier molecular flexibility index (Phi) is 4.08. The number of aromatic hydroxyl groups is 2. The molecule has 2 aromatic carbocycles. The molecule has 2 N–H and O–H groups in total. The van der Waals surface area contributed by atoms with Crippen molar-refractivity contribution in [3.63, 3.8) is 0 Å². The van der Waals surface area contributed by atoms with Crippen molar-refractivity contribution in [1.29, 1.82) is 0 Å². The third kappa shape index (κ3) is 2.88. The van der Waals surface area contributed by atoms with Crippen LogP contribution in [0.15, 0.2) is 57.7 Å². The summed E-state index contributed by atoms with van der Waals surface area (Å²) in [6.07, 6.45) is 0.0140. The molecule has 0 aliphatic carbocycles. The molecule has 3 rings (SSSR count). The van der Waals surface area contributed by atoms with Gasteiger partial charge in [-0.05, 0) is 36.8 Å². The molecular formula is C19H16O5. The van der Waals surface area contributed by atoms with E-state index in [1.807, 2.05) is 0 Å². The normalized spacial score (nSPS) is 12.2. The first-order valence-corrected chi connectivity index (χ1v) is 7.50. The molecule has 24 heavy (non-hydrogen) atoms. The third-order valence-electron chi connectivity index (χ3n) is 3.93. The zero-order valence-corrected chi connectivity index (χ0v) is 13.0. The zero-order chi connectivity index (χ0) is 17.3. The number of ketones is 1. The number of carbonyl (C=O) groups excluding carboxylic acids is 1. The van der Waals surface area contributed by atoms with Gasteiger partial charge in [-0.2, -0.15) is 0 Å². The Labute approximate surface area is 137 Å². The number of phenolic OH excluding ortho intramolecular Hbond substituents is 1. The van der Waals surface area contributed by atoms with E-state index in [0.29, 0.717) is 10.9 Å². The Hall–Kier alpha value is -3.08. The van der Waals surface area contributed by atoms with E-state index in [1.54, 1.807) is 36.4 Å². The molecule has 1 atom stereocenters. The van der Waals surface area contributed by atoms with E-state index in [4.69, 9.17) is 4.42 Å². The van der Waals surface area contributed by atoms with Gasteiger partial charge in [0.2, 0.25) is 0 Å². The molecule has 0 saturated carbocycles. The molecular weight excluding hydrogens is 308 g/mol. The van der Waals surface area contributed by atoms with Gasteiger partial charge in [0.1, 0.15) is 22.9 Å². The summed E-state index contributed by atoms with van der Waals surface area (Å²) in [4.78, 5) is 24.1. The lowest BCUT2D eigenvalue weighted by molar-refractivity contribution is -0.117. The number of Topliss-reactive ketones (excluding diaryl/α,β-unsaturated/α-hetero) is 1. The summed E-state index contributed by atoms with van der Waals surface area (Å²) in [5.74, 6) is -1.02. The van der Waals surface area contributed by atoms with Crippen LogP contribution in [0, 0.1) is 0 Å². The lowest BCUT2D eigenvalue weighted by atomic mass is 9.87. The van der Waals surface area contributed by atoms with Crippen molar-refractivity contribution >= 4 is 16.8 Å². The van der Waals surface area contributed by atoms with Crippen molar-refractivity contribution in [1.82, 2.24) is 0 Å². The Morgan fingerprint density at radius 3 is 2.58 bits per heavy atom. The lowest BCUT2D eigenvalue weighted by Gasteiger charge is -2.17. The van der Waals surface area contributed by atoms with Crippen LogP contribution >= 0.6 is 0 Å². The van der Waals surface area contributed by atoms with Gasteiger partial charge in [-0.15, -0.1) is 0 Å². The van der Waals surface area contributed by atoms with Crippen LogP contribution in [0.3, 0.4) is 0 Å². The molecule has 1 aromatic heterocycles. The van der Waals surface area contributed by atoms with Gasteiger partial charge in [0.05, 0.1) is 10.9 Å². The van der Waals surface area contributed by atoms with Gasteiger partial charge < -0.3 is 14.6 Å². The summed E-state index contributed by atoms with van der Waals surface area (Å²) in [5, 5.41) is 20.7. The van der Waals surface area contributed by atoms with Crippen molar-refractivity contribution in [3.05, 3.63) is 70.1 Å². The van der Waals surface area contributed by atoms with Gasteiger partial charge in [-0.3, -0.25) is 4.79 Å². The minimum absolute atomic E-state index is 0.0140. The van der Waals surface area contributed by atoms with Crippen molar-refractivity contribution in [2.24, 2.45) is 0 Å². The van der Waals surface area contributed by atoms with E-state index < -0.39 is 11.5 Å². The number of hydrogen-bond donors (Lipinski definition) is 2. The van der Waals surface area contributed by atoms with Crippen molar-refractivity contribution in [2.45, 2.75) is 19.3 Å². The van der Waals surface area contributed by atoms with E-state index in [9.17, 15) is 19.8 Å². The number of carbonyl (C=O) groups is 1. The largest absolute Gasteiger partial charge is 0.508 e. The average molecular weight is 324 g/mol.